The number of oxime groups is 1. The van der Waals surface area contributed by atoms with Gasteiger partial charge in [-0.15, -0.1) is 0 Å². The van der Waals surface area contributed by atoms with E-state index in [0.29, 0.717) is 11.6 Å². The smallest absolute Gasteiger partial charge is 0.318 e. The zero-order valence-electron chi connectivity index (χ0n) is 14.6. The Morgan fingerprint density at radius 3 is 2.21 bits per heavy atom. The summed E-state index contributed by atoms with van der Waals surface area (Å²) in [6.07, 6.45) is 1.51. The number of benzene rings is 2. The fraction of sp³-hybridized carbons (Fsp3) is 0.333. The number of rotatable bonds is 7. The molecule has 0 amide bonds. The molecule has 0 spiro atoms. The molecule has 24 heavy (non-hydrogen) atoms. The molecule has 0 aliphatic carbocycles. The van der Waals surface area contributed by atoms with E-state index in [4.69, 9.17) is 4.84 Å². The molecule has 2 rings (SSSR count). The molecule has 2 aromatic rings. The Labute approximate surface area is 144 Å². The van der Waals surface area contributed by atoms with E-state index in [9.17, 15) is 4.79 Å². The highest BCUT2D eigenvalue weighted by atomic mass is 16.7. The van der Waals surface area contributed by atoms with Crippen molar-refractivity contribution in [2.24, 2.45) is 11.1 Å². The second kappa shape index (κ2) is 9.02. The maximum atomic E-state index is 12.3. The van der Waals surface area contributed by atoms with Crippen LogP contribution in [0.3, 0.4) is 0 Å². The first-order valence-electron chi connectivity index (χ1n) is 8.47. The molecule has 3 heteroatoms. The summed E-state index contributed by atoms with van der Waals surface area (Å²) in [5.41, 5.74) is 2.90. The largest absolute Gasteiger partial charge is 0.338 e. The molecule has 2 unspecified atom stereocenters. The molecule has 0 aromatic heterocycles. The van der Waals surface area contributed by atoms with Gasteiger partial charge in [0.25, 0.3) is 0 Å². The van der Waals surface area contributed by atoms with E-state index in [-0.39, 0.29) is 11.9 Å². The lowest BCUT2D eigenvalue weighted by molar-refractivity contribution is -0.149. The van der Waals surface area contributed by atoms with Crippen molar-refractivity contribution in [1.29, 1.82) is 0 Å². The van der Waals surface area contributed by atoms with E-state index in [1.54, 1.807) is 0 Å². The number of nitrogens with zero attached hydrogens (tertiary/aromatic N) is 1. The highest BCUT2D eigenvalue weighted by Crippen LogP contribution is 2.25. The van der Waals surface area contributed by atoms with E-state index in [1.165, 1.54) is 5.56 Å². The van der Waals surface area contributed by atoms with Gasteiger partial charge in [-0.05, 0) is 36.8 Å². The second-order valence-electron chi connectivity index (χ2n) is 6.11. The van der Waals surface area contributed by atoms with Gasteiger partial charge in [-0.25, -0.2) is 4.79 Å². The maximum absolute atomic E-state index is 12.3. The Morgan fingerprint density at radius 1 is 1.04 bits per heavy atom. The van der Waals surface area contributed by atoms with Crippen molar-refractivity contribution in [2.75, 3.05) is 0 Å². The minimum atomic E-state index is -0.254. The summed E-state index contributed by atoms with van der Waals surface area (Å²) < 4.78 is 0. The van der Waals surface area contributed by atoms with Crippen LogP contribution in [-0.2, 0) is 9.63 Å². The summed E-state index contributed by atoms with van der Waals surface area (Å²) in [6, 6.07) is 20.0. The van der Waals surface area contributed by atoms with Crippen molar-refractivity contribution < 1.29 is 9.63 Å². The van der Waals surface area contributed by atoms with Crippen LogP contribution >= 0.6 is 0 Å². The zero-order chi connectivity index (χ0) is 17.4. The first-order chi connectivity index (χ1) is 11.6. The van der Waals surface area contributed by atoms with Gasteiger partial charge in [0.2, 0.25) is 0 Å². The van der Waals surface area contributed by atoms with Gasteiger partial charge in [-0.2, -0.15) is 0 Å². The number of hydrogen-bond acceptors (Lipinski definition) is 3. The van der Waals surface area contributed by atoms with Crippen molar-refractivity contribution in [3.63, 3.8) is 0 Å². The highest BCUT2D eigenvalue weighted by Gasteiger charge is 2.22. The number of hydrogen-bond donors (Lipinski definition) is 0. The molecule has 2 atom stereocenters. The predicted octanol–water partition coefficient (Wildman–Crippen LogP) is 5.17. The second-order valence-corrected chi connectivity index (χ2v) is 6.11. The third-order valence-electron chi connectivity index (χ3n) is 4.30. The van der Waals surface area contributed by atoms with Gasteiger partial charge in [0, 0.05) is 0 Å². The van der Waals surface area contributed by atoms with Crippen molar-refractivity contribution in [1.82, 2.24) is 0 Å². The predicted molar refractivity (Wildman–Crippen MR) is 98.0 cm³/mol. The lowest BCUT2D eigenvalue weighted by Crippen LogP contribution is -2.18. The minimum absolute atomic E-state index is 0.146. The van der Waals surface area contributed by atoms with Crippen LogP contribution in [0.1, 0.15) is 50.7 Å². The Morgan fingerprint density at radius 2 is 1.62 bits per heavy atom. The molecule has 3 nitrogen and oxygen atoms in total. The van der Waals surface area contributed by atoms with Gasteiger partial charge < -0.3 is 4.84 Å². The first kappa shape index (κ1) is 17.9. The number of carbonyl (C=O) groups excluding carboxylic acids is 1. The van der Waals surface area contributed by atoms with E-state index >= 15 is 0 Å². The van der Waals surface area contributed by atoms with E-state index in [0.717, 1.165) is 18.4 Å². The standard InChI is InChI=1S/C21H25NO2/c1-4-18(15-16(2)19-11-7-5-8-12-19)21(23)24-22-17(3)20-13-9-6-10-14-20/h5-14,16,18H,4,15H2,1-3H3. The monoisotopic (exact) mass is 323 g/mol. The van der Waals surface area contributed by atoms with Crippen molar-refractivity contribution in [3.8, 4) is 0 Å². The van der Waals surface area contributed by atoms with E-state index < -0.39 is 0 Å². The van der Waals surface area contributed by atoms with Crippen LogP contribution in [0.4, 0.5) is 0 Å². The molecule has 0 heterocycles. The Balaban J connectivity index is 1.96. The Hall–Kier alpha value is -2.42. The highest BCUT2D eigenvalue weighted by molar-refractivity contribution is 5.98. The molecule has 0 N–H and O–H groups in total. The summed E-state index contributed by atoms with van der Waals surface area (Å²) in [4.78, 5) is 17.5. The van der Waals surface area contributed by atoms with Crippen LogP contribution in [0, 0.1) is 5.92 Å². The molecule has 0 aliphatic heterocycles. The van der Waals surface area contributed by atoms with Crippen LogP contribution in [-0.4, -0.2) is 11.7 Å². The average Bonchev–Trinajstić information content (AvgIpc) is 2.65. The number of carbonyl (C=O) groups is 1. The Kier molecular flexibility index (Phi) is 6.74. The van der Waals surface area contributed by atoms with Gasteiger partial charge in [-0.3, -0.25) is 0 Å². The van der Waals surface area contributed by atoms with Crippen LogP contribution in [0.2, 0.25) is 0 Å². The van der Waals surface area contributed by atoms with Crippen LogP contribution in [0.15, 0.2) is 65.8 Å². The maximum Gasteiger partial charge on any atom is 0.338 e. The summed E-state index contributed by atoms with van der Waals surface area (Å²) in [5.74, 6) is -0.0917. The Bertz CT molecular complexity index is 665. The SMILES string of the molecule is CCC(CC(C)c1ccccc1)C(=O)ON=C(C)c1ccccc1. The molecular formula is C21H25NO2. The minimum Gasteiger partial charge on any atom is -0.318 e. The summed E-state index contributed by atoms with van der Waals surface area (Å²) in [6.45, 7) is 6.00. The van der Waals surface area contributed by atoms with Crippen molar-refractivity contribution in [2.45, 2.75) is 39.5 Å². The fourth-order valence-corrected chi connectivity index (χ4v) is 2.69. The fourth-order valence-electron chi connectivity index (χ4n) is 2.69. The topological polar surface area (TPSA) is 38.7 Å². The van der Waals surface area contributed by atoms with Crippen LogP contribution < -0.4 is 0 Å². The quantitative estimate of drug-likeness (QED) is 0.400. The summed E-state index contributed by atoms with van der Waals surface area (Å²) >= 11 is 0. The van der Waals surface area contributed by atoms with Crippen molar-refractivity contribution in [3.05, 3.63) is 71.8 Å². The zero-order valence-corrected chi connectivity index (χ0v) is 14.6. The lowest BCUT2D eigenvalue weighted by atomic mass is 9.89. The molecule has 0 aliphatic rings. The molecule has 2 aromatic carbocycles. The molecule has 0 saturated carbocycles. The van der Waals surface area contributed by atoms with Crippen LogP contribution in [0.25, 0.3) is 0 Å². The van der Waals surface area contributed by atoms with Crippen LogP contribution in [0.5, 0.6) is 0 Å². The third-order valence-corrected chi connectivity index (χ3v) is 4.30. The first-order valence-corrected chi connectivity index (χ1v) is 8.47. The van der Waals surface area contributed by atoms with Gasteiger partial charge >= 0.3 is 5.97 Å². The third kappa shape index (κ3) is 5.05. The molecule has 0 bridgehead atoms. The van der Waals surface area contributed by atoms with Gasteiger partial charge in [-0.1, -0.05) is 79.7 Å². The van der Waals surface area contributed by atoms with Gasteiger partial charge in [0.05, 0.1) is 11.6 Å². The summed E-state index contributed by atoms with van der Waals surface area (Å²) in [5, 5.41) is 4.01. The van der Waals surface area contributed by atoms with Gasteiger partial charge in [0.15, 0.2) is 0 Å². The van der Waals surface area contributed by atoms with E-state index in [1.807, 2.05) is 62.4 Å². The molecule has 126 valence electrons. The van der Waals surface area contributed by atoms with Crippen molar-refractivity contribution >= 4 is 11.7 Å². The molecular weight excluding hydrogens is 298 g/mol. The van der Waals surface area contributed by atoms with Gasteiger partial charge in [0.1, 0.15) is 0 Å². The molecule has 0 saturated heterocycles. The summed E-state index contributed by atoms with van der Waals surface area (Å²) in [7, 11) is 0. The average molecular weight is 323 g/mol. The molecule has 0 radical (unpaired) electrons. The van der Waals surface area contributed by atoms with E-state index in [2.05, 4.69) is 24.2 Å². The normalized spacial score (nSPS) is 14.0. The lowest BCUT2D eigenvalue weighted by Gasteiger charge is -2.17. The molecule has 0 fully saturated rings.